The highest BCUT2D eigenvalue weighted by Crippen LogP contribution is 2.36. The van der Waals surface area contributed by atoms with Crippen molar-refractivity contribution in [2.45, 2.75) is 32.7 Å². The fourth-order valence-corrected chi connectivity index (χ4v) is 4.00. The van der Waals surface area contributed by atoms with Gasteiger partial charge in [0.25, 0.3) is 5.56 Å². The maximum Gasteiger partial charge on any atom is 0.404 e. The molecule has 0 radical (unpaired) electrons. The molecule has 0 spiro atoms. The molecule has 0 saturated heterocycles. The summed E-state index contributed by atoms with van der Waals surface area (Å²) in [5.74, 6) is 1.31. The topological polar surface area (TPSA) is 119 Å². The number of nitrogens with one attached hydrogen (secondary N) is 1. The molecule has 1 aromatic carbocycles. The van der Waals surface area contributed by atoms with Gasteiger partial charge in [-0.25, -0.2) is 9.78 Å². The zero-order valence-electron chi connectivity index (χ0n) is 18.7. The molecular weight excluding hydrogens is 424 g/mol. The van der Waals surface area contributed by atoms with Gasteiger partial charge < -0.3 is 24.1 Å². The Bertz CT molecular complexity index is 1350. The van der Waals surface area contributed by atoms with Gasteiger partial charge in [-0.05, 0) is 29.9 Å². The number of fused-ring (bicyclic) bond motifs is 3. The third-order valence-corrected chi connectivity index (χ3v) is 5.95. The second kappa shape index (κ2) is 9.32. The van der Waals surface area contributed by atoms with Crippen molar-refractivity contribution in [3.63, 3.8) is 0 Å². The molecule has 9 heteroatoms. The standard InChI is InChI=1S/C24H26N4O5/c1-4-14(2)7-15(27-24(30)31)12-32-21-9-20-17(8-18(21)22-11-26-13-33-22)16-5-6-25-10-19(16)23(29)28(20)3/h5-6,8-11,13-15,27H,4,7,12H2,1-3H3,(H,30,31). The first kappa shape index (κ1) is 22.3. The van der Waals surface area contributed by atoms with Gasteiger partial charge in [0, 0.05) is 30.9 Å². The first-order chi connectivity index (χ1) is 15.9. The van der Waals surface area contributed by atoms with E-state index in [1.807, 2.05) is 12.1 Å². The number of hydrogen-bond acceptors (Lipinski definition) is 6. The van der Waals surface area contributed by atoms with Gasteiger partial charge in [-0.15, -0.1) is 0 Å². The molecule has 4 aromatic rings. The van der Waals surface area contributed by atoms with Gasteiger partial charge in [0.15, 0.2) is 12.2 Å². The number of aromatic nitrogens is 3. The van der Waals surface area contributed by atoms with Crippen LogP contribution in [0, 0.1) is 5.92 Å². The minimum atomic E-state index is -1.09. The van der Waals surface area contributed by atoms with Crippen molar-refractivity contribution >= 4 is 27.8 Å². The molecule has 1 amide bonds. The van der Waals surface area contributed by atoms with Crippen LogP contribution < -0.4 is 15.6 Å². The molecule has 2 atom stereocenters. The Morgan fingerprint density at radius 3 is 2.76 bits per heavy atom. The average Bonchev–Trinajstić information content (AvgIpc) is 3.35. The molecule has 33 heavy (non-hydrogen) atoms. The van der Waals surface area contributed by atoms with Crippen LogP contribution >= 0.6 is 0 Å². The van der Waals surface area contributed by atoms with Gasteiger partial charge in [0.05, 0.1) is 28.7 Å². The summed E-state index contributed by atoms with van der Waals surface area (Å²) < 4.78 is 13.2. The van der Waals surface area contributed by atoms with Crippen LogP contribution in [0.15, 0.2) is 52.4 Å². The highest BCUT2D eigenvalue weighted by atomic mass is 16.5. The van der Waals surface area contributed by atoms with Crippen LogP contribution in [-0.4, -0.2) is 38.4 Å². The Morgan fingerprint density at radius 1 is 1.24 bits per heavy atom. The lowest BCUT2D eigenvalue weighted by Gasteiger charge is -2.22. The third kappa shape index (κ3) is 4.52. The second-order valence-corrected chi connectivity index (χ2v) is 8.22. The molecule has 0 bridgehead atoms. The SMILES string of the molecule is CCC(C)CC(COc1cc2c(cc1-c1cnco1)c1ccncc1c(=O)n2C)NC(=O)O. The van der Waals surface area contributed by atoms with Gasteiger partial charge in [-0.1, -0.05) is 20.3 Å². The molecule has 0 aliphatic heterocycles. The average molecular weight is 450 g/mol. The van der Waals surface area contributed by atoms with Crippen molar-refractivity contribution in [3.8, 4) is 17.1 Å². The molecule has 0 aliphatic carbocycles. The van der Waals surface area contributed by atoms with Gasteiger partial charge in [0.1, 0.15) is 12.4 Å². The van der Waals surface area contributed by atoms with E-state index in [1.54, 1.807) is 36.3 Å². The van der Waals surface area contributed by atoms with E-state index in [0.717, 1.165) is 17.2 Å². The number of benzene rings is 1. The molecule has 172 valence electrons. The van der Waals surface area contributed by atoms with Crippen LogP contribution in [0.3, 0.4) is 0 Å². The van der Waals surface area contributed by atoms with E-state index in [4.69, 9.17) is 9.15 Å². The number of hydrogen-bond donors (Lipinski definition) is 2. The molecule has 0 aliphatic rings. The number of ether oxygens (including phenoxy) is 1. The summed E-state index contributed by atoms with van der Waals surface area (Å²) in [6.45, 7) is 4.27. The van der Waals surface area contributed by atoms with E-state index in [0.29, 0.717) is 40.3 Å². The molecule has 4 rings (SSSR count). The van der Waals surface area contributed by atoms with E-state index in [9.17, 15) is 14.7 Å². The van der Waals surface area contributed by atoms with Crippen LogP contribution in [0.25, 0.3) is 33.0 Å². The number of aryl methyl sites for hydroxylation is 1. The first-order valence-electron chi connectivity index (χ1n) is 10.8. The summed E-state index contributed by atoms with van der Waals surface area (Å²) in [6, 6.07) is 5.11. The number of nitrogens with zero attached hydrogens (tertiary/aromatic N) is 3. The normalized spacial score (nSPS) is 13.2. The van der Waals surface area contributed by atoms with Crippen molar-refractivity contribution in [1.29, 1.82) is 0 Å². The second-order valence-electron chi connectivity index (χ2n) is 8.22. The Hall–Kier alpha value is -3.88. The fourth-order valence-electron chi connectivity index (χ4n) is 4.00. The molecule has 3 heterocycles. The summed E-state index contributed by atoms with van der Waals surface area (Å²) in [5, 5.41) is 13.9. The predicted octanol–water partition coefficient (Wildman–Crippen LogP) is 4.19. The summed E-state index contributed by atoms with van der Waals surface area (Å²) in [6.07, 6.45) is 6.62. The Balaban J connectivity index is 1.82. The van der Waals surface area contributed by atoms with Crippen LogP contribution in [0.5, 0.6) is 5.75 Å². The van der Waals surface area contributed by atoms with Crippen molar-refractivity contribution in [3.05, 3.63) is 53.5 Å². The summed E-state index contributed by atoms with van der Waals surface area (Å²) in [5.41, 5.74) is 1.18. The molecule has 2 unspecified atom stereocenters. The fraction of sp³-hybridized carbons (Fsp3) is 0.333. The van der Waals surface area contributed by atoms with Crippen LogP contribution in [0.4, 0.5) is 4.79 Å². The summed E-state index contributed by atoms with van der Waals surface area (Å²) >= 11 is 0. The van der Waals surface area contributed by atoms with Gasteiger partial charge in [-0.3, -0.25) is 9.78 Å². The quantitative estimate of drug-likeness (QED) is 0.386. The minimum Gasteiger partial charge on any atom is -0.491 e. The minimum absolute atomic E-state index is 0.134. The molecule has 9 nitrogen and oxygen atoms in total. The third-order valence-electron chi connectivity index (χ3n) is 5.95. The largest absolute Gasteiger partial charge is 0.491 e. The maximum atomic E-state index is 12.9. The van der Waals surface area contributed by atoms with E-state index >= 15 is 0 Å². The lowest BCUT2D eigenvalue weighted by atomic mass is 9.99. The van der Waals surface area contributed by atoms with E-state index in [1.165, 1.54) is 6.39 Å². The Labute approximate surface area is 190 Å². The van der Waals surface area contributed by atoms with Crippen molar-refractivity contribution in [1.82, 2.24) is 19.9 Å². The molecule has 3 aromatic heterocycles. The Morgan fingerprint density at radius 2 is 2.06 bits per heavy atom. The van der Waals surface area contributed by atoms with Gasteiger partial charge >= 0.3 is 6.09 Å². The predicted molar refractivity (Wildman–Crippen MR) is 125 cm³/mol. The zero-order valence-corrected chi connectivity index (χ0v) is 18.7. The highest BCUT2D eigenvalue weighted by molar-refractivity contribution is 6.07. The molecular formula is C24H26N4O5. The van der Waals surface area contributed by atoms with E-state index in [-0.39, 0.29) is 18.2 Å². The van der Waals surface area contributed by atoms with Crippen LogP contribution in [-0.2, 0) is 7.05 Å². The highest BCUT2D eigenvalue weighted by Gasteiger charge is 2.20. The van der Waals surface area contributed by atoms with Crippen LogP contribution in [0.1, 0.15) is 26.7 Å². The Kier molecular flexibility index (Phi) is 6.30. The number of carbonyl (C=O) groups is 1. The zero-order chi connectivity index (χ0) is 23.5. The lowest BCUT2D eigenvalue weighted by molar-refractivity contribution is 0.176. The van der Waals surface area contributed by atoms with Crippen LogP contribution in [0.2, 0.25) is 0 Å². The number of oxazole rings is 1. The molecule has 0 fully saturated rings. The number of rotatable bonds is 8. The monoisotopic (exact) mass is 450 g/mol. The van der Waals surface area contributed by atoms with Gasteiger partial charge in [-0.2, -0.15) is 0 Å². The summed E-state index contributed by atoms with van der Waals surface area (Å²) in [7, 11) is 1.70. The number of carboxylic acid groups (broad SMARTS) is 1. The van der Waals surface area contributed by atoms with Crippen molar-refractivity contribution in [2.24, 2.45) is 13.0 Å². The molecule has 0 saturated carbocycles. The maximum absolute atomic E-state index is 12.9. The summed E-state index contributed by atoms with van der Waals surface area (Å²) in [4.78, 5) is 32.3. The smallest absolute Gasteiger partial charge is 0.404 e. The number of pyridine rings is 2. The van der Waals surface area contributed by atoms with E-state index in [2.05, 4.69) is 29.1 Å². The number of amides is 1. The lowest BCUT2D eigenvalue weighted by Crippen LogP contribution is -2.39. The van der Waals surface area contributed by atoms with Crippen molar-refractivity contribution < 1.29 is 19.1 Å². The van der Waals surface area contributed by atoms with Gasteiger partial charge in [0.2, 0.25) is 0 Å². The van der Waals surface area contributed by atoms with Crippen molar-refractivity contribution in [2.75, 3.05) is 6.61 Å². The first-order valence-corrected chi connectivity index (χ1v) is 10.8. The molecule has 2 N–H and O–H groups in total. The van der Waals surface area contributed by atoms with E-state index < -0.39 is 6.09 Å².